The Morgan fingerprint density at radius 2 is 1.24 bits per heavy atom. The molecule has 2 heteroatoms. The smallest absolute Gasteiger partial charge is 0.143 e. The van der Waals surface area contributed by atoms with Gasteiger partial charge < -0.3 is 4.74 Å². The second-order valence-electron chi connectivity index (χ2n) is 9.73. The standard InChI is InChI=1S/C35H25NO/c1-22-15-16-33(23(2)19-22)37-35-29-14-8-7-13-28(29)34(32-21-36-18-17-30(32)35)31-20-24-9-3-4-10-25(24)26-11-5-6-12-27(26)31/h3-21H,1-2H3. The number of hydrogen-bond acceptors (Lipinski definition) is 2. The molecule has 0 fully saturated rings. The number of ether oxygens (including phenoxy) is 1. The van der Waals surface area contributed by atoms with Gasteiger partial charge in [0, 0.05) is 28.6 Å². The van der Waals surface area contributed by atoms with Crippen LogP contribution in [0.4, 0.5) is 0 Å². The minimum Gasteiger partial charge on any atom is -0.456 e. The second kappa shape index (κ2) is 8.46. The van der Waals surface area contributed by atoms with Gasteiger partial charge in [-0.25, -0.2) is 0 Å². The largest absolute Gasteiger partial charge is 0.456 e. The lowest BCUT2D eigenvalue weighted by atomic mass is 9.87. The van der Waals surface area contributed by atoms with Crippen LogP contribution in [-0.4, -0.2) is 4.98 Å². The maximum Gasteiger partial charge on any atom is 0.143 e. The third kappa shape index (κ3) is 3.45. The van der Waals surface area contributed by atoms with Gasteiger partial charge >= 0.3 is 0 Å². The highest BCUT2D eigenvalue weighted by atomic mass is 16.5. The summed E-state index contributed by atoms with van der Waals surface area (Å²) in [5.41, 5.74) is 4.74. The highest BCUT2D eigenvalue weighted by Gasteiger charge is 2.19. The van der Waals surface area contributed by atoms with E-state index < -0.39 is 0 Å². The van der Waals surface area contributed by atoms with E-state index >= 15 is 0 Å². The van der Waals surface area contributed by atoms with Crippen LogP contribution in [0.3, 0.4) is 0 Å². The minimum absolute atomic E-state index is 0.869. The van der Waals surface area contributed by atoms with Gasteiger partial charge in [-0.1, -0.05) is 90.5 Å². The first-order valence-corrected chi connectivity index (χ1v) is 12.6. The molecule has 1 heterocycles. The maximum absolute atomic E-state index is 6.71. The molecule has 7 aromatic rings. The SMILES string of the molecule is Cc1ccc(Oc2c3ccccc3c(-c3cc4ccccc4c4ccccc34)c3cnccc23)c(C)c1. The summed E-state index contributed by atoms with van der Waals surface area (Å²) in [6.45, 7) is 4.21. The normalized spacial score (nSPS) is 11.5. The molecule has 0 N–H and O–H groups in total. The average Bonchev–Trinajstić information content (AvgIpc) is 2.94. The van der Waals surface area contributed by atoms with Crippen LogP contribution in [0.15, 0.2) is 116 Å². The fourth-order valence-electron chi connectivity index (χ4n) is 5.67. The Labute approximate surface area is 215 Å². The van der Waals surface area contributed by atoms with Gasteiger partial charge in [-0.05, 0) is 75.7 Å². The Balaban J connectivity index is 1.61. The number of nitrogens with zero attached hydrogens (tertiary/aromatic N) is 1. The topological polar surface area (TPSA) is 22.1 Å². The van der Waals surface area contributed by atoms with E-state index in [-0.39, 0.29) is 0 Å². The van der Waals surface area contributed by atoms with Gasteiger partial charge in [0.2, 0.25) is 0 Å². The van der Waals surface area contributed by atoms with Crippen molar-refractivity contribution in [1.82, 2.24) is 4.98 Å². The monoisotopic (exact) mass is 475 g/mol. The summed E-state index contributed by atoms with van der Waals surface area (Å²) in [6, 6.07) is 36.6. The first-order chi connectivity index (χ1) is 18.2. The number of fused-ring (bicyclic) bond motifs is 5. The highest BCUT2D eigenvalue weighted by molar-refractivity contribution is 6.23. The quantitative estimate of drug-likeness (QED) is 0.187. The summed E-state index contributed by atoms with van der Waals surface area (Å²) in [4.78, 5) is 4.57. The van der Waals surface area contributed by atoms with Crippen molar-refractivity contribution in [3.8, 4) is 22.6 Å². The Morgan fingerprint density at radius 1 is 0.568 bits per heavy atom. The van der Waals surface area contributed by atoms with Crippen molar-refractivity contribution < 1.29 is 4.74 Å². The molecule has 0 saturated carbocycles. The Kier molecular flexibility index (Phi) is 4.93. The van der Waals surface area contributed by atoms with Crippen LogP contribution in [0.25, 0.3) is 54.2 Å². The average molecular weight is 476 g/mol. The van der Waals surface area contributed by atoms with Gasteiger partial charge in [-0.2, -0.15) is 0 Å². The van der Waals surface area contributed by atoms with Gasteiger partial charge in [0.1, 0.15) is 11.5 Å². The number of pyridine rings is 1. The lowest BCUT2D eigenvalue weighted by Gasteiger charge is -2.19. The molecular formula is C35H25NO. The third-order valence-corrected chi connectivity index (χ3v) is 7.36. The van der Waals surface area contributed by atoms with Gasteiger partial charge in [-0.15, -0.1) is 0 Å². The van der Waals surface area contributed by atoms with Crippen molar-refractivity contribution >= 4 is 43.1 Å². The van der Waals surface area contributed by atoms with Crippen LogP contribution in [0.1, 0.15) is 11.1 Å². The zero-order chi connectivity index (χ0) is 24.9. The van der Waals surface area contributed by atoms with E-state index in [2.05, 4.69) is 122 Å². The molecule has 0 bridgehead atoms. The number of rotatable bonds is 3. The molecular weight excluding hydrogens is 450 g/mol. The Hall–Kier alpha value is -4.69. The molecule has 0 unspecified atom stereocenters. The van der Waals surface area contributed by atoms with Crippen molar-refractivity contribution in [2.75, 3.05) is 0 Å². The number of aromatic nitrogens is 1. The maximum atomic E-state index is 6.71. The van der Waals surface area contributed by atoms with Gasteiger partial charge in [0.25, 0.3) is 0 Å². The van der Waals surface area contributed by atoms with E-state index in [1.165, 1.54) is 38.2 Å². The first kappa shape index (κ1) is 21.6. The third-order valence-electron chi connectivity index (χ3n) is 7.36. The van der Waals surface area contributed by atoms with Gasteiger partial charge in [-0.3, -0.25) is 4.98 Å². The van der Waals surface area contributed by atoms with Crippen molar-refractivity contribution in [2.24, 2.45) is 0 Å². The van der Waals surface area contributed by atoms with Crippen molar-refractivity contribution in [2.45, 2.75) is 13.8 Å². The van der Waals surface area contributed by atoms with Crippen LogP contribution in [-0.2, 0) is 0 Å². The van der Waals surface area contributed by atoms with Crippen molar-refractivity contribution in [1.29, 1.82) is 0 Å². The summed E-state index contributed by atoms with van der Waals surface area (Å²) >= 11 is 0. The first-order valence-electron chi connectivity index (χ1n) is 12.6. The Bertz CT molecular complexity index is 1930. The highest BCUT2D eigenvalue weighted by Crippen LogP contribution is 2.47. The minimum atomic E-state index is 0.869. The van der Waals surface area contributed by atoms with Crippen molar-refractivity contribution in [3.05, 3.63) is 127 Å². The van der Waals surface area contributed by atoms with Crippen LogP contribution in [0.2, 0.25) is 0 Å². The van der Waals surface area contributed by atoms with Crippen LogP contribution in [0.5, 0.6) is 11.5 Å². The van der Waals surface area contributed by atoms with E-state index in [1.54, 1.807) is 0 Å². The van der Waals surface area contributed by atoms with E-state index in [9.17, 15) is 0 Å². The van der Waals surface area contributed by atoms with Crippen LogP contribution < -0.4 is 4.74 Å². The summed E-state index contributed by atoms with van der Waals surface area (Å²) in [7, 11) is 0. The summed E-state index contributed by atoms with van der Waals surface area (Å²) in [5.74, 6) is 1.74. The fraction of sp³-hybridized carbons (Fsp3) is 0.0571. The molecule has 6 aromatic carbocycles. The molecule has 0 atom stereocenters. The van der Waals surface area contributed by atoms with Gasteiger partial charge in [0.15, 0.2) is 0 Å². The van der Waals surface area contributed by atoms with Crippen LogP contribution in [0, 0.1) is 13.8 Å². The summed E-state index contributed by atoms with van der Waals surface area (Å²) in [5, 5.41) is 9.38. The predicted molar refractivity (Wildman–Crippen MR) is 156 cm³/mol. The van der Waals surface area contributed by atoms with Crippen LogP contribution >= 0.6 is 0 Å². The summed E-state index contributed by atoms with van der Waals surface area (Å²) in [6.07, 6.45) is 3.84. The lowest BCUT2D eigenvalue weighted by molar-refractivity contribution is 0.489. The van der Waals surface area contributed by atoms with E-state index in [1.807, 2.05) is 12.4 Å². The molecule has 37 heavy (non-hydrogen) atoms. The molecule has 176 valence electrons. The summed E-state index contributed by atoms with van der Waals surface area (Å²) < 4.78 is 6.71. The molecule has 0 aliphatic rings. The molecule has 0 aliphatic heterocycles. The Morgan fingerprint density at radius 3 is 2.05 bits per heavy atom. The molecule has 0 spiro atoms. The van der Waals surface area contributed by atoms with E-state index in [0.717, 1.165) is 38.6 Å². The molecule has 0 aliphatic carbocycles. The number of hydrogen-bond donors (Lipinski definition) is 0. The number of aryl methyl sites for hydroxylation is 2. The lowest BCUT2D eigenvalue weighted by Crippen LogP contribution is -1.95. The molecule has 1 aromatic heterocycles. The molecule has 0 radical (unpaired) electrons. The van der Waals surface area contributed by atoms with E-state index in [4.69, 9.17) is 4.74 Å². The number of benzene rings is 6. The zero-order valence-corrected chi connectivity index (χ0v) is 20.8. The predicted octanol–water partition coefficient (Wildman–Crippen LogP) is 9.77. The van der Waals surface area contributed by atoms with E-state index in [0.29, 0.717) is 0 Å². The molecule has 0 saturated heterocycles. The zero-order valence-electron chi connectivity index (χ0n) is 20.8. The van der Waals surface area contributed by atoms with Gasteiger partial charge in [0.05, 0.1) is 0 Å². The molecule has 7 rings (SSSR count). The van der Waals surface area contributed by atoms with Crippen molar-refractivity contribution in [3.63, 3.8) is 0 Å². The molecule has 0 amide bonds. The molecule has 2 nitrogen and oxygen atoms in total. The second-order valence-corrected chi connectivity index (χ2v) is 9.73. The fourth-order valence-corrected chi connectivity index (χ4v) is 5.67.